The molecule has 1 N–H and O–H groups in total. The predicted octanol–water partition coefficient (Wildman–Crippen LogP) is 3.86. The van der Waals surface area contributed by atoms with Gasteiger partial charge in [-0.05, 0) is 18.6 Å². The number of anilines is 1. The summed E-state index contributed by atoms with van der Waals surface area (Å²) >= 11 is 7.73. The number of nitrogens with zero attached hydrogens (tertiary/aromatic N) is 2. The van der Waals surface area contributed by atoms with E-state index in [1.165, 1.54) is 6.33 Å². The highest BCUT2D eigenvalue weighted by Gasteiger charge is 2.12. The summed E-state index contributed by atoms with van der Waals surface area (Å²) in [5, 5.41) is 4.73. The van der Waals surface area contributed by atoms with Gasteiger partial charge in [-0.25, -0.2) is 9.97 Å². The van der Waals surface area contributed by atoms with Gasteiger partial charge >= 0.3 is 0 Å². The second-order valence-corrected chi connectivity index (χ2v) is 5.34. The molecule has 106 valence electrons. The maximum Gasteiger partial charge on any atom is 0.193 e. The third-order valence-electron chi connectivity index (χ3n) is 2.64. The van der Waals surface area contributed by atoms with Gasteiger partial charge in [0.25, 0.3) is 0 Å². The fourth-order valence-corrected chi connectivity index (χ4v) is 2.96. The SMILES string of the molecule is CCNc1ncnc(SCc2ccccc2Cl)c1OC. The first-order chi connectivity index (χ1) is 9.76. The molecule has 0 radical (unpaired) electrons. The predicted molar refractivity (Wildman–Crippen MR) is 83.8 cm³/mol. The Morgan fingerprint density at radius 3 is 2.80 bits per heavy atom. The molecule has 1 heterocycles. The van der Waals surface area contributed by atoms with Crippen molar-refractivity contribution >= 4 is 29.2 Å². The zero-order valence-corrected chi connectivity index (χ0v) is 13.0. The molecule has 4 nitrogen and oxygen atoms in total. The highest BCUT2D eigenvalue weighted by molar-refractivity contribution is 7.98. The molecule has 0 fully saturated rings. The Kier molecular flexibility index (Phi) is 5.49. The first-order valence-electron chi connectivity index (χ1n) is 6.25. The van der Waals surface area contributed by atoms with E-state index >= 15 is 0 Å². The van der Waals surface area contributed by atoms with Crippen LogP contribution in [0.5, 0.6) is 5.75 Å². The number of aromatic nitrogens is 2. The van der Waals surface area contributed by atoms with Crippen molar-refractivity contribution in [3.05, 3.63) is 41.2 Å². The number of halogens is 1. The Bertz CT molecular complexity index is 580. The Morgan fingerprint density at radius 2 is 2.10 bits per heavy atom. The minimum absolute atomic E-state index is 0.673. The van der Waals surface area contributed by atoms with Gasteiger partial charge in [0.1, 0.15) is 11.4 Å². The number of rotatable bonds is 6. The second-order valence-electron chi connectivity index (χ2n) is 3.97. The van der Waals surface area contributed by atoms with E-state index in [-0.39, 0.29) is 0 Å². The molecule has 1 aromatic carbocycles. The van der Waals surface area contributed by atoms with Crippen LogP contribution in [0.3, 0.4) is 0 Å². The minimum Gasteiger partial charge on any atom is -0.490 e. The lowest BCUT2D eigenvalue weighted by Gasteiger charge is -2.12. The first-order valence-corrected chi connectivity index (χ1v) is 7.61. The van der Waals surface area contributed by atoms with E-state index < -0.39 is 0 Å². The van der Waals surface area contributed by atoms with E-state index in [2.05, 4.69) is 15.3 Å². The van der Waals surface area contributed by atoms with Gasteiger partial charge in [0.2, 0.25) is 0 Å². The molecule has 0 aliphatic carbocycles. The number of hydrogen-bond donors (Lipinski definition) is 1. The molecule has 0 atom stereocenters. The molecule has 6 heteroatoms. The summed E-state index contributed by atoms with van der Waals surface area (Å²) in [5.41, 5.74) is 1.07. The summed E-state index contributed by atoms with van der Waals surface area (Å²) in [6.07, 6.45) is 1.54. The molecule has 0 saturated carbocycles. The van der Waals surface area contributed by atoms with Crippen LogP contribution in [0.15, 0.2) is 35.6 Å². The second kappa shape index (κ2) is 7.36. The molecule has 0 aliphatic heterocycles. The van der Waals surface area contributed by atoms with Crippen molar-refractivity contribution in [3.8, 4) is 5.75 Å². The third kappa shape index (κ3) is 3.55. The molecule has 0 spiro atoms. The maximum atomic E-state index is 6.16. The Morgan fingerprint density at radius 1 is 1.30 bits per heavy atom. The number of nitrogens with one attached hydrogen (secondary N) is 1. The number of benzene rings is 1. The summed E-state index contributed by atoms with van der Waals surface area (Å²) in [6.45, 7) is 2.79. The molecule has 20 heavy (non-hydrogen) atoms. The van der Waals surface area contributed by atoms with Gasteiger partial charge in [0.15, 0.2) is 11.6 Å². The number of thioether (sulfide) groups is 1. The highest BCUT2D eigenvalue weighted by Crippen LogP contribution is 2.34. The fraction of sp³-hybridized carbons (Fsp3) is 0.286. The van der Waals surface area contributed by atoms with Crippen molar-refractivity contribution in [3.63, 3.8) is 0 Å². The molecular weight excluding hydrogens is 294 g/mol. The average Bonchev–Trinajstić information content (AvgIpc) is 2.47. The van der Waals surface area contributed by atoms with Gasteiger partial charge in [-0.3, -0.25) is 0 Å². The van der Waals surface area contributed by atoms with Crippen LogP contribution in [-0.2, 0) is 5.75 Å². The minimum atomic E-state index is 0.673. The fourth-order valence-electron chi connectivity index (χ4n) is 1.70. The van der Waals surface area contributed by atoms with Crippen molar-refractivity contribution in [1.29, 1.82) is 0 Å². The van der Waals surface area contributed by atoms with Crippen LogP contribution in [0.4, 0.5) is 5.82 Å². The molecular formula is C14H16ClN3OS. The topological polar surface area (TPSA) is 47.0 Å². The molecule has 2 aromatic rings. The highest BCUT2D eigenvalue weighted by atomic mass is 35.5. The lowest BCUT2D eigenvalue weighted by Crippen LogP contribution is -2.04. The average molecular weight is 310 g/mol. The van der Waals surface area contributed by atoms with Crippen LogP contribution < -0.4 is 10.1 Å². The number of methoxy groups -OCH3 is 1. The zero-order valence-electron chi connectivity index (χ0n) is 11.4. The van der Waals surface area contributed by atoms with E-state index in [4.69, 9.17) is 16.3 Å². The smallest absolute Gasteiger partial charge is 0.193 e. The molecule has 0 unspecified atom stereocenters. The van der Waals surface area contributed by atoms with Crippen molar-refractivity contribution < 1.29 is 4.74 Å². The summed E-state index contributed by atoms with van der Waals surface area (Å²) in [7, 11) is 1.62. The molecule has 2 rings (SSSR count). The van der Waals surface area contributed by atoms with Crippen molar-refractivity contribution in [2.45, 2.75) is 17.7 Å². The maximum absolute atomic E-state index is 6.16. The van der Waals surface area contributed by atoms with Gasteiger partial charge in [-0.15, -0.1) is 0 Å². The van der Waals surface area contributed by atoms with Crippen LogP contribution in [-0.4, -0.2) is 23.6 Å². The van der Waals surface area contributed by atoms with Gasteiger partial charge in [-0.1, -0.05) is 41.6 Å². The van der Waals surface area contributed by atoms with E-state index in [1.54, 1.807) is 18.9 Å². The van der Waals surface area contributed by atoms with Gasteiger partial charge in [0, 0.05) is 17.3 Å². The number of hydrogen-bond acceptors (Lipinski definition) is 5. The zero-order chi connectivity index (χ0) is 14.4. The van der Waals surface area contributed by atoms with E-state index in [9.17, 15) is 0 Å². The Labute approximate surface area is 127 Å². The van der Waals surface area contributed by atoms with Crippen molar-refractivity contribution in [2.24, 2.45) is 0 Å². The summed E-state index contributed by atoms with van der Waals surface area (Å²) < 4.78 is 5.41. The first kappa shape index (κ1) is 14.9. The lowest BCUT2D eigenvalue weighted by atomic mass is 10.2. The standard InChI is InChI=1S/C14H16ClN3OS/c1-3-16-13-12(19-2)14(18-9-17-13)20-8-10-6-4-5-7-11(10)15/h4-7,9H,3,8H2,1-2H3,(H,16,17,18). The molecule has 1 aromatic heterocycles. The van der Waals surface area contributed by atoms with Crippen LogP contribution in [0.1, 0.15) is 12.5 Å². The molecule has 0 bridgehead atoms. The van der Waals surface area contributed by atoms with E-state index in [0.29, 0.717) is 11.6 Å². The van der Waals surface area contributed by atoms with Gasteiger partial charge in [-0.2, -0.15) is 0 Å². The summed E-state index contributed by atoms with van der Waals surface area (Å²) in [5.74, 6) is 2.12. The quantitative estimate of drug-likeness (QED) is 0.648. The van der Waals surface area contributed by atoms with Crippen molar-refractivity contribution in [1.82, 2.24) is 9.97 Å². The van der Waals surface area contributed by atoms with Crippen molar-refractivity contribution in [2.75, 3.05) is 19.0 Å². The van der Waals surface area contributed by atoms with Crippen LogP contribution in [0.2, 0.25) is 5.02 Å². The Balaban J connectivity index is 2.17. The monoisotopic (exact) mass is 309 g/mol. The third-order valence-corrected chi connectivity index (χ3v) is 4.03. The normalized spacial score (nSPS) is 10.3. The van der Waals surface area contributed by atoms with Crippen LogP contribution in [0.25, 0.3) is 0 Å². The van der Waals surface area contributed by atoms with E-state index in [1.807, 2.05) is 31.2 Å². The molecule has 0 aliphatic rings. The van der Waals surface area contributed by atoms with Crippen LogP contribution in [0, 0.1) is 0 Å². The lowest BCUT2D eigenvalue weighted by molar-refractivity contribution is 0.400. The van der Waals surface area contributed by atoms with Gasteiger partial charge < -0.3 is 10.1 Å². The van der Waals surface area contributed by atoms with E-state index in [0.717, 1.165) is 27.9 Å². The van der Waals surface area contributed by atoms with Crippen LogP contribution >= 0.6 is 23.4 Å². The molecule has 0 saturated heterocycles. The number of ether oxygens (including phenoxy) is 1. The molecule has 0 amide bonds. The van der Waals surface area contributed by atoms with Gasteiger partial charge in [0.05, 0.1) is 7.11 Å². The Hall–Kier alpha value is -1.46. The largest absolute Gasteiger partial charge is 0.490 e. The summed E-state index contributed by atoms with van der Waals surface area (Å²) in [4.78, 5) is 8.47. The summed E-state index contributed by atoms with van der Waals surface area (Å²) in [6, 6.07) is 7.79.